The second kappa shape index (κ2) is 12.4. The van der Waals surface area contributed by atoms with E-state index in [1.54, 1.807) is 35.2 Å². The topological polar surface area (TPSA) is 57.9 Å². The lowest BCUT2D eigenvalue weighted by molar-refractivity contribution is -0.274. The van der Waals surface area contributed by atoms with Crippen molar-refractivity contribution in [2.45, 2.75) is 51.2 Å². The van der Waals surface area contributed by atoms with Crippen LogP contribution in [0.4, 0.5) is 18.9 Å². The number of thiophene rings is 1. The number of carboxylic acids is 1. The molecule has 0 radical (unpaired) electrons. The predicted octanol–water partition coefficient (Wildman–Crippen LogP) is 7.39. The Kier molecular flexibility index (Phi) is 8.86. The van der Waals surface area contributed by atoms with Crippen LogP contribution in [0.3, 0.4) is 0 Å². The van der Waals surface area contributed by atoms with E-state index in [1.807, 2.05) is 41.7 Å². The first-order chi connectivity index (χ1) is 19.7. The number of benzene rings is 2. The van der Waals surface area contributed by atoms with Gasteiger partial charge in [-0.1, -0.05) is 30.3 Å². The van der Waals surface area contributed by atoms with Crippen LogP contribution in [0, 0.1) is 0 Å². The number of nitrogens with zero attached hydrogens (tertiary/aromatic N) is 3. The molecule has 1 unspecified atom stereocenters. The third kappa shape index (κ3) is 6.37. The maximum absolute atomic E-state index is 12.9. The predicted molar refractivity (Wildman–Crippen MR) is 159 cm³/mol. The Labute approximate surface area is 245 Å². The second-order valence-electron chi connectivity index (χ2n) is 9.93. The molecule has 5 rings (SSSR count). The first kappa shape index (κ1) is 29.3. The molecule has 1 N–H and O–H groups in total. The van der Waals surface area contributed by atoms with Crippen molar-refractivity contribution in [1.82, 2.24) is 9.58 Å². The van der Waals surface area contributed by atoms with Crippen molar-refractivity contribution in [3.63, 3.8) is 0 Å². The maximum Gasteiger partial charge on any atom is 0.573 e. The van der Waals surface area contributed by atoms with Gasteiger partial charge < -0.3 is 14.4 Å². The van der Waals surface area contributed by atoms with Crippen molar-refractivity contribution in [1.29, 1.82) is 0 Å². The number of aromatic nitrogens is 1. The number of aliphatic carboxylic acids is 1. The Balaban J connectivity index is 1.60. The van der Waals surface area contributed by atoms with Crippen LogP contribution in [-0.4, -0.2) is 51.6 Å². The first-order valence-electron chi connectivity index (χ1n) is 13.5. The molecule has 1 aliphatic rings. The zero-order valence-corrected chi connectivity index (χ0v) is 24.4. The van der Waals surface area contributed by atoms with E-state index < -0.39 is 18.4 Å². The number of fused-ring (bicyclic) bond motifs is 2. The molecule has 0 amide bonds. The standard InChI is InChI=1S/C30H32F3N3O3S2/c1-3-34-19-27(23-6-4-5-7-24(23)34)36(25(29(37)38)14-16-40-2)35-15-12-21-13-17-41-28(21)26(35)18-20-8-10-22(11-9-20)39-30(31,32)33/h4-11,13,17,19,25-26H,3,12,14-16,18H2,1-2H3,(H,37,38)/t25-,26?/m0/s1. The van der Waals surface area contributed by atoms with Gasteiger partial charge in [0.25, 0.3) is 0 Å². The fourth-order valence-electron chi connectivity index (χ4n) is 5.62. The minimum absolute atomic E-state index is 0.201. The number of alkyl halides is 3. The van der Waals surface area contributed by atoms with Crippen LogP contribution in [0.25, 0.3) is 10.9 Å². The lowest BCUT2D eigenvalue weighted by atomic mass is 9.96. The first-order valence-corrected chi connectivity index (χ1v) is 15.7. The molecule has 0 saturated carbocycles. The van der Waals surface area contributed by atoms with Gasteiger partial charge in [0.1, 0.15) is 11.8 Å². The monoisotopic (exact) mass is 603 g/mol. The SMILES string of the molecule is CCn1cc(N([C@@H](CCSC)C(=O)O)N2CCc3ccsc3C2Cc2ccc(OC(F)(F)F)cc2)c2ccccc21. The Bertz CT molecular complexity index is 1490. The molecule has 0 aliphatic carbocycles. The van der Waals surface area contributed by atoms with E-state index in [-0.39, 0.29) is 11.8 Å². The van der Waals surface area contributed by atoms with Gasteiger partial charge in [-0.3, -0.25) is 5.01 Å². The lowest BCUT2D eigenvalue weighted by Crippen LogP contribution is -2.56. The molecule has 0 saturated heterocycles. The molecule has 0 spiro atoms. The van der Waals surface area contributed by atoms with Gasteiger partial charge in [0, 0.05) is 29.5 Å². The number of hydrogen-bond acceptors (Lipinski definition) is 6. The van der Waals surface area contributed by atoms with E-state index in [0.717, 1.165) is 40.0 Å². The quantitative estimate of drug-likeness (QED) is 0.193. The van der Waals surface area contributed by atoms with Crippen LogP contribution in [-0.2, 0) is 24.2 Å². The molecule has 6 nitrogen and oxygen atoms in total. The van der Waals surface area contributed by atoms with Crippen LogP contribution in [0.1, 0.15) is 35.4 Å². The number of anilines is 1. The summed E-state index contributed by atoms with van der Waals surface area (Å²) < 4.78 is 44.4. The Morgan fingerprint density at radius 2 is 1.95 bits per heavy atom. The fraction of sp³-hybridized carbons (Fsp3) is 0.367. The second-order valence-corrected chi connectivity index (χ2v) is 11.9. The number of halogens is 3. The van der Waals surface area contributed by atoms with Crippen molar-refractivity contribution >= 4 is 45.7 Å². The molecular formula is C30H32F3N3O3S2. The van der Waals surface area contributed by atoms with Crippen LogP contribution < -0.4 is 9.75 Å². The number of aryl methyl sites for hydroxylation is 1. The van der Waals surface area contributed by atoms with Gasteiger partial charge in [-0.05, 0) is 79.0 Å². The highest BCUT2D eigenvalue weighted by molar-refractivity contribution is 7.98. The summed E-state index contributed by atoms with van der Waals surface area (Å²) in [7, 11) is 0. The average molecular weight is 604 g/mol. The highest BCUT2D eigenvalue weighted by Gasteiger charge is 2.39. The number of rotatable bonds is 11. The molecule has 11 heteroatoms. The van der Waals surface area contributed by atoms with Crippen molar-refractivity contribution in [2.75, 3.05) is 23.6 Å². The maximum atomic E-state index is 12.9. The summed E-state index contributed by atoms with van der Waals surface area (Å²) in [5, 5.41) is 17.8. The highest BCUT2D eigenvalue weighted by atomic mass is 32.2. The van der Waals surface area contributed by atoms with Gasteiger partial charge in [-0.25, -0.2) is 9.80 Å². The third-order valence-corrected chi connectivity index (χ3v) is 9.15. The van der Waals surface area contributed by atoms with Gasteiger partial charge in [0.05, 0.1) is 17.2 Å². The van der Waals surface area contributed by atoms with Gasteiger partial charge >= 0.3 is 12.3 Å². The highest BCUT2D eigenvalue weighted by Crippen LogP contribution is 2.42. The van der Waals surface area contributed by atoms with E-state index in [0.29, 0.717) is 25.1 Å². The summed E-state index contributed by atoms with van der Waals surface area (Å²) in [6, 6.07) is 15.1. The third-order valence-electron chi connectivity index (χ3n) is 7.45. The van der Waals surface area contributed by atoms with Crippen molar-refractivity contribution in [2.24, 2.45) is 0 Å². The number of hydrogen-bond donors (Lipinski definition) is 1. The minimum Gasteiger partial charge on any atom is -0.480 e. The van der Waals surface area contributed by atoms with Crippen LogP contribution >= 0.6 is 23.1 Å². The smallest absolute Gasteiger partial charge is 0.480 e. The van der Waals surface area contributed by atoms with Crippen molar-refractivity contribution in [3.8, 4) is 5.75 Å². The van der Waals surface area contributed by atoms with E-state index >= 15 is 0 Å². The van der Waals surface area contributed by atoms with Gasteiger partial charge in [0.2, 0.25) is 0 Å². The van der Waals surface area contributed by atoms with E-state index in [2.05, 4.69) is 32.7 Å². The van der Waals surface area contributed by atoms with Crippen LogP contribution in [0.15, 0.2) is 66.2 Å². The number of para-hydroxylation sites is 1. The largest absolute Gasteiger partial charge is 0.573 e. The van der Waals surface area contributed by atoms with Gasteiger partial charge in [0.15, 0.2) is 0 Å². The molecule has 4 aromatic rings. The zero-order chi connectivity index (χ0) is 29.1. The fourth-order valence-corrected chi connectivity index (χ4v) is 7.14. The van der Waals surface area contributed by atoms with Crippen LogP contribution in [0.2, 0.25) is 0 Å². The minimum atomic E-state index is -4.76. The van der Waals surface area contributed by atoms with Crippen molar-refractivity contribution < 1.29 is 27.8 Å². The number of hydrazine groups is 1. The van der Waals surface area contributed by atoms with E-state index in [9.17, 15) is 23.1 Å². The molecule has 218 valence electrons. The number of carboxylic acid groups (broad SMARTS) is 1. The summed E-state index contributed by atoms with van der Waals surface area (Å²) in [5.74, 6) is -0.476. The molecule has 3 heterocycles. The van der Waals surface area contributed by atoms with Gasteiger partial charge in [-0.2, -0.15) is 11.8 Å². The van der Waals surface area contributed by atoms with Crippen molar-refractivity contribution in [3.05, 3.63) is 82.2 Å². The molecule has 41 heavy (non-hydrogen) atoms. The normalized spacial score (nSPS) is 16.5. The number of carbonyl (C=O) groups is 1. The van der Waals surface area contributed by atoms with Gasteiger partial charge in [-0.15, -0.1) is 24.5 Å². The number of thioether (sulfide) groups is 1. The Morgan fingerprint density at radius 3 is 2.63 bits per heavy atom. The molecule has 2 aromatic heterocycles. The molecule has 2 aromatic carbocycles. The molecule has 0 bridgehead atoms. The average Bonchev–Trinajstić information content (AvgIpc) is 3.57. The summed E-state index contributed by atoms with van der Waals surface area (Å²) in [4.78, 5) is 14.0. The summed E-state index contributed by atoms with van der Waals surface area (Å²) in [6.45, 7) is 3.41. The Hall–Kier alpha value is -3.15. The number of ether oxygens (including phenoxy) is 1. The van der Waals surface area contributed by atoms with E-state index in [1.165, 1.54) is 17.7 Å². The molecule has 1 aliphatic heterocycles. The zero-order valence-electron chi connectivity index (χ0n) is 22.8. The lowest BCUT2D eigenvalue weighted by Gasteiger charge is -2.46. The summed E-state index contributed by atoms with van der Waals surface area (Å²) in [5.41, 5.74) is 3.94. The Morgan fingerprint density at radius 1 is 1.20 bits per heavy atom. The molecular weight excluding hydrogens is 571 g/mol. The van der Waals surface area contributed by atoms with E-state index in [4.69, 9.17) is 0 Å². The van der Waals surface area contributed by atoms with Crippen LogP contribution in [0.5, 0.6) is 5.75 Å². The summed E-state index contributed by atoms with van der Waals surface area (Å²) >= 11 is 3.25. The molecule has 2 atom stereocenters. The summed E-state index contributed by atoms with van der Waals surface area (Å²) in [6.07, 6.45) is 0.980. The molecule has 0 fully saturated rings.